The number of aromatic nitrogens is 1. The van der Waals surface area contributed by atoms with Crippen LogP contribution in [0.4, 0.5) is 0 Å². The van der Waals surface area contributed by atoms with Crippen LogP contribution in [0.25, 0.3) is 22.1 Å². The molecule has 0 aliphatic rings. The van der Waals surface area contributed by atoms with Crippen LogP contribution >= 0.6 is 0 Å². The zero-order valence-corrected chi connectivity index (χ0v) is 17.8. The van der Waals surface area contributed by atoms with Crippen LogP contribution in [0.3, 0.4) is 0 Å². The van der Waals surface area contributed by atoms with Gasteiger partial charge in [-0.05, 0) is 31.4 Å². The lowest BCUT2D eigenvalue weighted by Crippen LogP contribution is -2.03. The fraction of sp³-hybridized carbons (Fsp3) is 0.440. The van der Waals surface area contributed by atoms with E-state index >= 15 is 0 Å². The molecule has 160 valence electrons. The standard InChI is InChI=1S/C25H31NO4/c1-2-28-15-11-6-4-3-5-7-12-16-29-24-18-21-17-22(20-13-9-8-10-14-20)25(27)30-23(21)19-26-24/h8-10,13-14,17-19H,2-7,11-12,15-16H2,1H3. The number of fused-ring (bicyclic) bond motifs is 1. The van der Waals surface area contributed by atoms with E-state index in [0.717, 1.165) is 43.4 Å². The van der Waals surface area contributed by atoms with Crippen LogP contribution < -0.4 is 10.4 Å². The van der Waals surface area contributed by atoms with E-state index in [9.17, 15) is 4.79 Å². The Balaban J connectivity index is 1.44. The first kappa shape index (κ1) is 22.0. The number of pyridine rings is 1. The Morgan fingerprint density at radius 2 is 1.60 bits per heavy atom. The van der Waals surface area contributed by atoms with Crippen molar-refractivity contribution in [1.29, 1.82) is 0 Å². The maximum absolute atomic E-state index is 12.3. The molecule has 0 atom stereocenters. The largest absolute Gasteiger partial charge is 0.478 e. The van der Waals surface area contributed by atoms with E-state index in [1.807, 2.05) is 49.4 Å². The lowest BCUT2D eigenvalue weighted by molar-refractivity contribution is 0.143. The molecule has 0 aliphatic carbocycles. The molecule has 5 nitrogen and oxygen atoms in total. The van der Waals surface area contributed by atoms with Crippen molar-refractivity contribution in [3.8, 4) is 17.0 Å². The Morgan fingerprint density at radius 1 is 0.900 bits per heavy atom. The minimum Gasteiger partial charge on any atom is -0.478 e. The molecule has 0 saturated heterocycles. The third-order valence-corrected chi connectivity index (χ3v) is 5.07. The van der Waals surface area contributed by atoms with Gasteiger partial charge in [-0.15, -0.1) is 0 Å². The molecule has 3 aromatic rings. The van der Waals surface area contributed by atoms with Crippen molar-refractivity contribution < 1.29 is 13.9 Å². The van der Waals surface area contributed by atoms with Crippen molar-refractivity contribution in [1.82, 2.24) is 4.98 Å². The van der Waals surface area contributed by atoms with Crippen LogP contribution in [0.5, 0.6) is 5.88 Å². The summed E-state index contributed by atoms with van der Waals surface area (Å²) in [6.07, 6.45) is 9.91. The number of nitrogens with zero attached hydrogens (tertiary/aromatic N) is 1. The lowest BCUT2D eigenvalue weighted by atomic mass is 10.1. The van der Waals surface area contributed by atoms with E-state index in [4.69, 9.17) is 13.9 Å². The predicted octanol–water partition coefficient (Wildman–Crippen LogP) is 6.00. The maximum atomic E-state index is 12.3. The fourth-order valence-corrected chi connectivity index (χ4v) is 3.41. The maximum Gasteiger partial charge on any atom is 0.344 e. The van der Waals surface area contributed by atoms with Crippen LogP contribution in [-0.2, 0) is 4.74 Å². The highest BCUT2D eigenvalue weighted by Gasteiger charge is 2.09. The second kappa shape index (κ2) is 12.1. The van der Waals surface area contributed by atoms with E-state index < -0.39 is 0 Å². The summed E-state index contributed by atoms with van der Waals surface area (Å²) in [6.45, 7) is 4.38. The molecule has 0 spiro atoms. The quantitative estimate of drug-likeness (QED) is 0.324. The molecule has 0 unspecified atom stereocenters. The highest BCUT2D eigenvalue weighted by atomic mass is 16.5. The smallest absolute Gasteiger partial charge is 0.344 e. The van der Waals surface area contributed by atoms with Crippen molar-refractivity contribution >= 4 is 11.0 Å². The Morgan fingerprint density at radius 3 is 2.33 bits per heavy atom. The van der Waals surface area contributed by atoms with Crippen LogP contribution in [-0.4, -0.2) is 24.8 Å². The molecule has 2 aromatic heterocycles. The van der Waals surface area contributed by atoms with Crippen molar-refractivity contribution in [2.45, 2.75) is 51.9 Å². The molecule has 3 rings (SSSR count). The molecule has 0 aliphatic heterocycles. The molecule has 0 bridgehead atoms. The van der Waals surface area contributed by atoms with Crippen LogP contribution in [0.2, 0.25) is 0 Å². The number of ether oxygens (including phenoxy) is 2. The van der Waals surface area contributed by atoms with Crippen LogP contribution in [0.1, 0.15) is 51.9 Å². The first-order valence-electron chi connectivity index (χ1n) is 11.0. The summed E-state index contributed by atoms with van der Waals surface area (Å²) in [5.74, 6) is 0.561. The molecule has 1 aromatic carbocycles. The molecule has 2 heterocycles. The molecule has 0 amide bonds. The average Bonchev–Trinajstić information content (AvgIpc) is 2.77. The summed E-state index contributed by atoms with van der Waals surface area (Å²) in [5.41, 5.74) is 1.49. The van der Waals surface area contributed by atoms with Crippen molar-refractivity contribution in [2.24, 2.45) is 0 Å². The molecule has 0 saturated carbocycles. The second-order valence-corrected chi connectivity index (χ2v) is 7.39. The first-order chi connectivity index (χ1) is 14.8. The van der Waals surface area contributed by atoms with Gasteiger partial charge in [0, 0.05) is 24.7 Å². The molecule has 0 N–H and O–H groups in total. The number of hydrogen-bond donors (Lipinski definition) is 0. The zero-order chi connectivity index (χ0) is 21.0. The van der Waals surface area contributed by atoms with Gasteiger partial charge in [0.2, 0.25) is 5.88 Å². The lowest BCUT2D eigenvalue weighted by Gasteiger charge is -2.07. The van der Waals surface area contributed by atoms with E-state index in [-0.39, 0.29) is 5.63 Å². The number of unbranched alkanes of at least 4 members (excludes halogenated alkanes) is 6. The predicted molar refractivity (Wildman–Crippen MR) is 120 cm³/mol. The van der Waals surface area contributed by atoms with Gasteiger partial charge in [0.05, 0.1) is 18.4 Å². The van der Waals surface area contributed by atoms with Gasteiger partial charge in [0.25, 0.3) is 0 Å². The minimum absolute atomic E-state index is 0.359. The van der Waals surface area contributed by atoms with Gasteiger partial charge in [-0.1, -0.05) is 62.4 Å². The average molecular weight is 410 g/mol. The van der Waals surface area contributed by atoms with Gasteiger partial charge < -0.3 is 13.9 Å². The molecular weight excluding hydrogens is 378 g/mol. The molecule has 5 heteroatoms. The number of rotatable bonds is 13. The summed E-state index contributed by atoms with van der Waals surface area (Å²) in [6, 6.07) is 13.2. The third kappa shape index (κ3) is 6.70. The van der Waals surface area contributed by atoms with Gasteiger partial charge in [0.1, 0.15) is 0 Å². The van der Waals surface area contributed by atoms with Crippen LogP contribution in [0, 0.1) is 0 Å². The van der Waals surface area contributed by atoms with Crippen molar-refractivity contribution in [2.75, 3.05) is 19.8 Å². The van der Waals surface area contributed by atoms with Crippen molar-refractivity contribution in [3.63, 3.8) is 0 Å². The molecule has 0 radical (unpaired) electrons. The molecular formula is C25H31NO4. The van der Waals surface area contributed by atoms with Gasteiger partial charge >= 0.3 is 5.63 Å². The monoisotopic (exact) mass is 409 g/mol. The Bertz CT molecular complexity index is 952. The summed E-state index contributed by atoms with van der Waals surface area (Å²) in [4.78, 5) is 16.5. The molecule has 30 heavy (non-hydrogen) atoms. The van der Waals surface area contributed by atoms with Gasteiger partial charge in [0.15, 0.2) is 5.58 Å². The first-order valence-corrected chi connectivity index (χ1v) is 11.0. The summed E-state index contributed by atoms with van der Waals surface area (Å²) >= 11 is 0. The van der Waals surface area contributed by atoms with Crippen molar-refractivity contribution in [3.05, 3.63) is 59.1 Å². The van der Waals surface area contributed by atoms with E-state index in [0.29, 0.717) is 23.6 Å². The Labute approximate surface area is 178 Å². The van der Waals surface area contributed by atoms with Gasteiger partial charge in [-0.3, -0.25) is 0 Å². The normalized spacial score (nSPS) is 11.1. The van der Waals surface area contributed by atoms with Gasteiger partial charge in [-0.2, -0.15) is 0 Å². The number of benzene rings is 1. The zero-order valence-electron chi connectivity index (χ0n) is 17.8. The second-order valence-electron chi connectivity index (χ2n) is 7.39. The van der Waals surface area contributed by atoms with Crippen LogP contribution in [0.15, 0.2) is 57.9 Å². The highest BCUT2D eigenvalue weighted by Crippen LogP contribution is 2.23. The summed E-state index contributed by atoms with van der Waals surface area (Å²) < 4.78 is 16.6. The highest BCUT2D eigenvalue weighted by molar-refractivity contribution is 5.81. The van der Waals surface area contributed by atoms with Gasteiger partial charge in [-0.25, -0.2) is 9.78 Å². The Kier molecular flexibility index (Phi) is 8.91. The third-order valence-electron chi connectivity index (χ3n) is 5.07. The molecule has 0 fully saturated rings. The Hall–Kier alpha value is -2.66. The van der Waals surface area contributed by atoms with E-state index in [2.05, 4.69) is 4.98 Å². The number of hydrogen-bond acceptors (Lipinski definition) is 5. The topological polar surface area (TPSA) is 61.6 Å². The minimum atomic E-state index is -0.359. The summed E-state index contributed by atoms with van der Waals surface area (Å²) in [7, 11) is 0. The fourth-order valence-electron chi connectivity index (χ4n) is 3.41. The summed E-state index contributed by atoms with van der Waals surface area (Å²) in [5, 5.41) is 0.811. The SMILES string of the molecule is CCOCCCCCCCCCOc1cc2cc(-c3ccccc3)c(=O)oc2cn1. The van der Waals surface area contributed by atoms with E-state index in [1.54, 1.807) is 6.20 Å². The van der Waals surface area contributed by atoms with E-state index in [1.165, 1.54) is 25.7 Å².